The van der Waals surface area contributed by atoms with Gasteiger partial charge in [-0.2, -0.15) is 5.10 Å². The van der Waals surface area contributed by atoms with Crippen molar-refractivity contribution in [1.29, 1.82) is 0 Å². The fourth-order valence-electron chi connectivity index (χ4n) is 2.15. The average Bonchev–Trinajstić information content (AvgIpc) is 2.62. The minimum absolute atomic E-state index is 0.257. The van der Waals surface area contributed by atoms with Gasteiger partial charge in [-0.05, 0) is 39.1 Å². The van der Waals surface area contributed by atoms with Crippen LogP contribution in [0.15, 0.2) is 18.2 Å². The van der Waals surface area contributed by atoms with Crippen LogP contribution in [0.4, 0.5) is 4.39 Å². The van der Waals surface area contributed by atoms with Gasteiger partial charge >= 0.3 is 0 Å². The third-order valence-electron chi connectivity index (χ3n) is 3.21. The lowest BCUT2D eigenvalue weighted by Crippen LogP contribution is -2.09. The Morgan fingerprint density at radius 2 is 2.11 bits per heavy atom. The molecule has 0 amide bonds. The topological polar surface area (TPSA) is 29.9 Å². The summed E-state index contributed by atoms with van der Waals surface area (Å²) in [4.78, 5) is 0. The number of halogens is 2. The Kier molecular flexibility index (Phi) is 4.22. The second-order valence-electron chi connectivity index (χ2n) is 4.57. The highest BCUT2D eigenvalue weighted by Crippen LogP contribution is 2.19. The molecule has 19 heavy (non-hydrogen) atoms. The summed E-state index contributed by atoms with van der Waals surface area (Å²) in [5.74, 6) is -0.257. The summed E-state index contributed by atoms with van der Waals surface area (Å²) in [5.41, 5.74) is 3.72. The molecule has 1 N–H and O–H groups in total. The van der Waals surface area contributed by atoms with Gasteiger partial charge in [0.25, 0.3) is 0 Å². The first kappa shape index (κ1) is 14.0. The van der Waals surface area contributed by atoms with E-state index in [2.05, 4.69) is 10.4 Å². The Morgan fingerprint density at radius 3 is 2.79 bits per heavy atom. The van der Waals surface area contributed by atoms with Gasteiger partial charge in [-0.15, -0.1) is 0 Å². The van der Waals surface area contributed by atoms with E-state index in [1.165, 1.54) is 6.07 Å². The van der Waals surface area contributed by atoms with Crippen molar-refractivity contribution in [1.82, 2.24) is 15.1 Å². The molecule has 0 saturated carbocycles. The van der Waals surface area contributed by atoms with E-state index in [0.717, 1.165) is 23.5 Å². The van der Waals surface area contributed by atoms with Crippen molar-refractivity contribution in [2.75, 3.05) is 7.05 Å². The molecule has 2 rings (SSSR count). The van der Waals surface area contributed by atoms with Gasteiger partial charge in [0.2, 0.25) is 0 Å². The van der Waals surface area contributed by atoms with Crippen molar-refractivity contribution in [3.05, 3.63) is 51.6 Å². The van der Waals surface area contributed by atoms with Crippen molar-refractivity contribution >= 4 is 11.6 Å². The molecule has 0 aliphatic rings. The molecule has 5 heteroatoms. The molecule has 0 aliphatic carbocycles. The molecule has 1 aromatic heterocycles. The highest BCUT2D eigenvalue weighted by atomic mass is 35.5. The molecule has 0 radical (unpaired) electrons. The van der Waals surface area contributed by atoms with Crippen LogP contribution in [0.5, 0.6) is 0 Å². The zero-order valence-electron chi connectivity index (χ0n) is 11.3. The molecule has 0 bridgehead atoms. The minimum Gasteiger partial charge on any atom is -0.316 e. The zero-order chi connectivity index (χ0) is 14.0. The van der Waals surface area contributed by atoms with Crippen molar-refractivity contribution in [2.24, 2.45) is 0 Å². The molecular weight excluding hydrogens is 265 g/mol. The molecule has 0 saturated heterocycles. The number of aryl methyl sites for hydroxylation is 1. The standard InChI is InChI=1S/C14H17ClFN3/c1-9-13(7-17-3)10(2)19(18-9)8-11-6-12(15)4-5-14(11)16/h4-6,17H,7-8H2,1-3H3. The summed E-state index contributed by atoms with van der Waals surface area (Å²) >= 11 is 5.90. The number of hydrogen-bond donors (Lipinski definition) is 1. The highest BCUT2D eigenvalue weighted by Gasteiger charge is 2.12. The summed E-state index contributed by atoms with van der Waals surface area (Å²) in [7, 11) is 1.90. The molecule has 2 aromatic rings. The number of benzene rings is 1. The molecule has 0 atom stereocenters. The first-order valence-corrected chi connectivity index (χ1v) is 6.52. The monoisotopic (exact) mass is 281 g/mol. The quantitative estimate of drug-likeness (QED) is 0.933. The van der Waals surface area contributed by atoms with E-state index in [1.54, 1.807) is 12.1 Å². The van der Waals surface area contributed by atoms with Crippen LogP contribution >= 0.6 is 11.6 Å². The van der Waals surface area contributed by atoms with Crippen LogP contribution in [0.2, 0.25) is 5.02 Å². The highest BCUT2D eigenvalue weighted by molar-refractivity contribution is 6.30. The van der Waals surface area contributed by atoms with Crippen molar-refractivity contribution < 1.29 is 4.39 Å². The lowest BCUT2D eigenvalue weighted by molar-refractivity contribution is 0.578. The Bertz CT molecular complexity index is 593. The van der Waals surface area contributed by atoms with Gasteiger partial charge in [0.15, 0.2) is 0 Å². The van der Waals surface area contributed by atoms with Crippen LogP contribution in [0.1, 0.15) is 22.5 Å². The number of rotatable bonds is 4. The first-order chi connectivity index (χ1) is 9.02. The lowest BCUT2D eigenvalue weighted by atomic mass is 10.2. The zero-order valence-corrected chi connectivity index (χ0v) is 12.1. The Morgan fingerprint density at radius 1 is 1.37 bits per heavy atom. The van der Waals surface area contributed by atoms with Crippen molar-refractivity contribution in [3.63, 3.8) is 0 Å². The summed E-state index contributed by atoms with van der Waals surface area (Å²) in [6.07, 6.45) is 0. The van der Waals surface area contributed by atoms with Gasteiger partial charge < -0.3 is 5.32 Å². The van der Waals surface area contributed by atoms with Crippen LogP contribution in [0.3, 0.4) is 0 Å². The van der Waals surface area contributed by atoms with Crippen LogP contribution in [0, 0.1) is 19.7 Å². The molecule has 0 unspecified atom stereocenters. The van der Waals surface area contributed by atoms with Gasteiger partial charge in [-0.3, -0.25) is 4.68 Å². The molecule has 1 heterocycles. The second-order valence-corrected chi connectivity index (χ2v) is 5.01. The number of nitrogens with one attached hydrogen (secondary N) is 1. The maximum absolute atomic E-state index is 13.7. The van der Waals surface area contributed by atoms with Gasteiger partial charge in [0.1, 0.15) is 5.82 Å². The Hall–Kier alpha value is -1.39. The smallest absolute Gasteiger partial charge is 0.128 e. The van der Waals surface area contributed by atoms with Crippen LogP contribution in [0.25, 0.3) is 0 Å². The molecule has 3 nitrogen and oxygen atoms in total. The Balaban J connectivity index is 2.33. The van der Waals surface area contributed by atoms with Crippen LogP contribution in [-0.4, -0.2) is 16.8 Å². The number of aromatic nitrogens is 2. The lowest BCUT2D eigenvalue weighted by Gasteiger charge is -2.07. The third-order valence-corrected chi connectivity index (χ3v) is 3.45. The van der Waals surface area contributed by atoms with E-state index in [9.17, 15) is 4.39 Å². The fourth-order valence-corrected chi connectivity index (χ4v) is 2.34. The van der Waals surface area contributed by atoms with Gasteiger partial charge in [-0.1, -0.05) is 11.6 Å². The van der Waals surface area contributed by atoms with E-state index < -0.39 is 0 Å². The van der Waals surface area contributed by atoms with Crippen molar-refractivity contribution in [2.45, 2.75) is 26.9 Å². The predicted octanol–water partition coefficient (Wildman–Crippen LogP) is 3.06. The maximum Gasteiger partial charge on any atom is 0.128 e. The van der Waals surface area contributed by atoms with E-state index in [1.807, 2.05) is 25.6 Å². The van der Waals surface area contributed by atoms with E-state index in [-0.39, 0.29) is 5.82 Å². The fraction of sp³-hybridized carbons (Fsp3) is 0.357. The molecule has 1 aromatic carbocycles. The maximum atomic E-state index is 13.7. The van der Waals surface area contributed by atoms with Crippen LogP contribution in [-0.2, 0) is 13.1 Å². The first-order valence-electron chi connectivity index (χ1n) is 6.14. The summed E-state index contributed by atoms with van der Waals surface area (Å²) in [5, 5.41) is 8.11. The molecular formula is C14H17ClFN3. The molecule has 0 fully saturated rings. The second kappa shape index (κ2) is 5.72. The van der Waals surface area contributed by atoms with Crippen LogP contribution < -0.4 is 5.32 Å². The Labute approximate surface area is 117 Å². The van der Waals surface area contributed by atoms with Gasteiger partial charge in [-0.25, -0.2) is 4.39 Å². The summed E-state index contributed by atoms with van der Waals surface area (Å²) < 4.78 is 15.5. The molecule has 0 aliphatic heterocycles. The van der Waals surface area contributed by atoms with Gasteiger partial charge in [0.05, 0.1) is 12.2 Å². The minimum atomic E-state index is -0.257. The van der Waals surface area contributed by atoms with Crippen molar-refractivity contribution in [3.8, 4) is 0 Å². The molecule has 0 spiro atoms. The van der Waals surface area contributed by atoms with Gasteiger partial charge in [0, 0.05) is 28.4 Å². The summed E-state index contributed by atoms with van der Waals surface area (Å²) in [6.45, 7) is 5.11. The molecule has 102 valence electrons. The van der Waals surface area contributed by atoms with E-state index in [4.69, 9.17) is 11.6 Å². The van der Waals surface area contributed by atoms with E-state index >= 15 is 0 Å². The predicted molar refractivity (Wildman–Crippen MR) is 75.0 cm³/mol. The largest absolute Gasteiger partial charge is 0.316 e. The average molecular weight is 282 g/mol. The number of hydrogen-bond acceptors (Lipinski definition) is 2. The third kappa shape index (κ3) is 2.96. The normalized spacial score (nSPS) is 11.0. The number of nitrogens with zero attached hydrogens (tertiary/aromatic N) is 2. The summed E-state index contributed by atoms with van der Waals surface area (Å²) in [6, 6.07) is 4.58. The SMILES string of the molecule is CNCc1c(C)nn(Cc2cc(Cl)ccc2F)c1C. The van der Waals surface area contributed by atoms with E-state index in [0.29, 0.717) is 17.1 Å².